The highest BCUT2D eigenvalue weighted by molar-refractivity contribution is 5.99. The third-order valence-electron chi connectivity index (χ3n) is 7.10. The van der Waals surface area contributed by atoms with Crippen LogP contribution in [0.2, 0.25) is 0 Å². The Morgan fingerprint density at radius 3 is 2.07 bits per heavy atom. The fraction of sp³-hybridized carbons (Fsp3) is 0.286. The van der Waals surface area contributed by atoms with Crippen LogP contribution in [0.15, 0.2) is 66.9 Å². The van der Waals surface area contributed by atoms with E-state index in [4.69, 9.17) is 14.2 Å². The van der Waals surface area contributed by atoms with Crippen molar-refractivity contribution >= 4 is 17.7 Å². The van der Waals surface area contributed by atoms with Gasteiger partial charge in [-0.25, -0.2) is 14.0 Å². The number of carbonyl (C=O) groups excluding carboxylic acids is 2. The smallest absolute Gasteiger partial charge is 0.415 e. The summed E-state index contributed by atoms with van der Waals surface area (Å²) in [5.74, 6) is -0.472. The van der Waals surface area contributed by atoms with Crippen molar-refractivity contribution in [1.82, 2.24) is 4.98 Å². The number of methoxy groups -OCH3 is 2. The van der Waals surface area contributed by atoms with E-state index in [1.165, 1.54) is 12.0 Å². The Morgan fingerprint density at radius 2 is 1.47 bits per heavy atom. The monoisotopic (exact) mass is 584 g/mol. The highest BCUT2D eigenvalue weighted by Crippen LogP contribution is 2.39. The van der Waals surface area contributed by atoms with Gasteiger partial charge in [-0.15, -0.1) is 0 Å². The molecule has 0 spiro atoms. The molecule has 4 rings (SSSR count). The average molecular weight is 585 g/mol. The highest BCUT2D eigenvalue weighted by atomic mass is 19.1. The topological polar surface area (TPSA) is 78.0 Å². The fourth-order valence-electron chi connectivity index (χ4n) is 5.00. The summed E-state index contributed by atoms with van der Waals surface area (Å²) < 4.78 is 33.0. The predicted molar refractivity (Wildman–Crippen MR) is 166 cm³/mol. The van der Waals surface area contributed by atoms with Crippen molar-refractivity contribution in [2.75, 3.05) is 19.1 Å². The molecule has 0 atom stereocenters. The van der Waals surface area contributed by atoms with Crippen LogP contribution in [-0.2, 0) is 16.0 Å². The van der Waals surface area contributed by atoms with Crippen LogP contribution < -0.4 is 9.64 Å². The summed E-state index contributed by atoms with van der Waals surface area (Å²) in [6.45, 7) is 11.0. The predicted octanol–water partition coefficient (Wildman–Crippen LogP) is 8.22. The molecule has 224 valence electrons. The molecule has 0 aliphatic carbocycles. The first-order chi connectivity index (χ1) is 20.4. The molecular weight excluding hydrogens is 547 g/mol. The summed E-state index contributed by atoms with van der Waals surface area (Å²) in [5, 5.41) is 0. The van der Waals surface area contributed by atoms with Crippen molar-refractivity contribution in [3.63, 3.8) is 0 Å². The zero-order valence-corrected chi connectivity index (χ0v) is 25.9. The van der Waals surface area contributed by atoms with Crippen LogP contribution >= 0.6 is 0 Å². The van der Waals surface area contributed by atoms with E-state index in [1.54, 1.807) is 70.5 Å². The maximum Gasteiger partial charge on any atom is 0.415 e. The first-order valence-corrected chi connectivity index (χ1v) is 13.9. The number of benzene rings is 3. The molecule has 0 fully saturated rings. The lowest BCUT2D eigenvalue weighted by atomic mass is 9.92. The van der Waals surface area contributed by atoms with Crippen LogP contribution in [0, 0.1) is 26.6 Å². The van der Waals surface area contributed by atoms with Crippen LogP contribution in [-0.4, -0.2) is 36.9 Å². The minimum atomic E-state index is -0.804. The number of esters is 1. The quantitative estimate of drug-likeness (QED) is 0.204. The highest BCUT2D eigenvalue weighted by Gasteiger charge is 2.28. The Morgan fingerprint density at radius 1 is 0.860 bits per heavy atom. The molecule has 4 aromatic rings. The number of hydrogen-bond donors (Lipinski definition) is 0. The van der Waals surface area contributed by atoms with E-state index in [-0.39, 0.29) is 23.2 Å². The molecule has 1 heterocycles. The van der Waals surface area contributed by atoms with Crippen LogP contribution in [0.3, 0.4) is 0 Å². The second-order valence-electron chi connectivity index (χ2n) is 11.3. The van der Waals surface area contributed by atoms with Crippen molar-refractivity contribution in [3.8, 4) is 28.0 Å². The zero-order chi connectivity index (χ0) is 31.5. The molecular formula is C35H37FN2O5. The van der Waals surface area contributed by atoms with E-state index in [9.17, 15) is 9.59 Å². The minimum absolute atomic E-state index is 0.0221. The number of pyridine rings is 1. The van der Waals surface area contributed by atoms with Crippen molar-refractivity contribution in [2.45, 2.75) is 53.7 Å². The van der Waals surface area contributed by atoms with Gasteiger partial charge < -0.3 is 14.2 Å². The van der Waals surface area contributed by atoms with E-state index < -0.39 is 23.5 Å². The van der Waals surface area contributed by atoms with Gasteiger partial charge in [0.1, 0.15) is 17.2 Å². The lowest BCUT2D eigenvalue weighted by molar-refractivity contribution is 0.0573. The summed E-state index contributed by atoms with van der Waals surface area (Å²) in [4.78, 5) is 32.6. The number of nitrogens with zero attached hydrogens (tertiary/aromatic N) is 2. The standard InChI is InChI=1S/C35H37FN2O5/c1-21-13-9-10-14-25(21)28-17-24(18-29(31(28)36)26-15-11-12-16-27(26)33(39)42-8)38(34(40)43-35(4,5)6)20-30-23(3)32(41-7)22(2)19-37-30/h9-19H,20H2,1-8H3. The third-order valence-corrected chi connectivity index (χ3v) is 7.10. The SMILES string of the molecule is COC(=O)c1ccccc1-c1cc(N(Cc2ncc(C)c(OC)c2C)C(=O)OC(C)(C)C)cc(-c2ccccc2C)c1F. The van der Waals surface area contributed by atoms with Crippen molar-refractivity contribution < 1.29 is 28.2 Å². The van der Waals surface area contributed by atoms with Gasteiger partial charge in [-0.2, -0.15) is 0 Å². The zero-order valence-electron chi connectivity index (χ0n) is 25.9. The summed E-state index contributed by atoms with van der Waals surface area (Å²) in [6, 6.07) is 17.3. The van der Waals surface area contributed by atoms with Gasteiger partial charge in [-0.3, -0.25) is 9.88 Å². The van der Waals surface area contributed by atoms with E-state index >= 15 is 4.39 Å². The van der Waals surface area contributed by atoms with Crippen LogP contribution in [0.25, 0.3) is 22.3 Å². The van der Waals surface area contributed by atoms with Gasteiger partial charge in [0.15, 0.2) is 0 Å². The Kier molecular flexibility index (Phi) is 9.19. The van der Waals surface area contributed by atoms with E-state index in [0.717, 1.165) is 16.7 Å². The van der Waals surface area contributed by atoms with Gasteiger partial charge in [0.25, 0.3) is 0 Å². The lowest BCUT2D eigenvalue weighted by Crippen LogP contribution is -2.37. The summed E-state index contributed by atoms with van der Waals surface area (Å²) in [6.07, 6.45) is 1.05. The number of amides is 1. The van der Waals surface area contributed by atoms with Crippen molar-refractivity contribution in [1.29, 1.82) is 0 Å². The number of rotatable bonds is 7. The number of aromatic nitrogens is 1. The van der Waals surface area contributed by atoms with Gasteiger partial charge in [-0.05, 0) is 76.4 Å². The molecule has 3 aromatic carbocycles. The third kappa shape index (κ3) is 6.69. The maximum atomic E-state index is 16.6. The molecule has 0 radical (unpaired) electrons. The molecule has 0 N–H and O–H groups in total. The Hall–Kier alpha value is -4.72. The van der Waals surface area contributed by atoms with Crippen LogP contribution in [0.4, 0.5) is 14.9 Å². The van der Waals surface area contributed by atoms with Crippen molar-refractivity contribution in [3.05, 3.63) is 101 Å². The number of anilines is 1. The number of halogens is 1. The molecule has 43 heavy (non-hydrogen) atoms. The van der Waals surface area contributed by atoms with E-state index in [1.807, 2.05) is 45.0 Å². The van der Waals surface area contributed by atoms with E-state index in [2.05, 4.69) is 4.98 Å². The van der Waals surface area contributed by atoms with Crippen molar-refractivity contribution in [2.24, 2.45) is 0 Å². The van der Waals surface area contributed by atoms with Gasteiger partial charge >= 0.3 is 12.1 Å². The van der Waals surface area contributed by atoms with E-state index in [0.29, 0.717) is 28.3 Å². The molecule has 8 heteroatoms. The normalized spacial score (nSPS) is 11.2. The molecule has 0 saturated heterocycles. The number of carbonyl (C=O) groups is 2. The van der Waals surface area contributed by atoms with Gasteiger partial charge in [-0.1, -0.05) is 42.5 Å². The average Bonchev–Trinajstić information content (AvgIpc) is 2.96. The molecule has 1 aromatic heterocycles. The van der Waals surface area contributed by atoms with Crippen LogP contribution in [0.1, 0.15) is 53.5 Å². The second-order valence-corrected chi connectivity index (χ2v) is 11.3. The minimum Gasteiger partial charge on any atom is -0.496 e. The molecule has 0 aliphatic rings. The number of hydrogen-bond acceptors (Lipinski definition) is 6. The van der Waals surface area contributed by atoms with Gasteiger partial charge in [0.05, 0.1) is 32.0 Å². The summed E-state index contributed by atoms with van der Waals surface area (Å²) in [5.41, 5.74) is 4.20. The van der Waals surface area contributed by atoms with Gasteiger partial charge in [0.2, 0.25) is 0 Å². The Balaban J connectivity index is 2.02. The molecule has 0 bridgehead atoms. The van der Waals surface area contributed by atoms with Crippen LogP contribution in [0.5, 0.6) is 5.75 Å². The summed E-state index contributed by atoms with van der Waals surface area (Å²) in [7, 11) is 2.87. The first kappa shape index (κ1) is 31.2. The molecule has 1 amide bonds. The summed E-state index contributed by atoms with van der Waals surface area (Å²) >= 11 is 0. The second kappa shape index (κ2) is 12.7. The first-order valence-electron chi connectivity index (χ1n) is 13.9. The molecule has 7 nitrogen and oxygen atoms in total. The fourth-order valence-corrected chi connectivity index (χ4v) is 5.00. The maximum absolute atomic E-state index is 16.6. The molecule has 0 saturated carbocycles. The lowest BCUT2D eigenvalue weighted by Gasteiger charge is -2.29. The van der Waals surface area contributed by atoms with Gasteiger partial charge in [0, 0.05) is 34.1 Å². The number of ether oxygens (including phenoxy) is 3. The molecule has 0 unspecified atom stereocenters. The Bertz CT molecular complexity index is 1680. The largest absolute Gasteiger partial charge is 0.496 e. The number of aryl methyl sites for hydroxylation is 2. The Labute approximate surface area is 252 Å². The molecule has 0 aliphatic heterocycles.